The number of nitrogens with zero attached hydrogens (tertiary/aromatic N) is 4. The molecule has 2 N–H and O–H groups in total. The number of benzene rings is 2. The number of hydrogen-bond donors (Lipinski definition) is 2. The maximum atomic E-state index is 14.0. The third-order valence-electron chi connectivity index (χ3n) is 10.1. The molecule has 9 heteroatoms. The van der Waals surface area contributed by atoms with Gasteiger partial charge in [-0.2, -0.15) is 0 Å². The third-order valence-corrected chi connectivity index (χ3v) is 10.1. The summed E-state index contributed by atoms with van der Waals surface area (Å²) < 4.78 is 18.0. The Morgan fingerprint density at radius 1 is 0.978 bits per heavy atom. The van der Waals surface area contributed by atoms with Crippen molar-refractivity contribution in [1.82, 2.24) is 24.4 Å². The number of pyridine rings is 1. The number of nitrogens with one attached hydrogen (secondary N) is 1. The van der Waals surface area contributed by atoms with Gasteiger partial charge in [0, 0.05) is 36.1 Å². The van der Waals surface area contributed by atoms with Crippen LogP contribution >= 0.6 is 0 Å². The molecule has 236 valence electrons. The molecule has 0 saturated heterocycles. The van der Waals surface area contributed by atoms with Gasteiger partial charge in [-0.05, 0) is 98.5 Å². The van der Waals surface area contributed by atoms with E-state index in [4.69, 9.17) is 4.98 Å². The van der Waals surface area contributed by atoms with Crippen LogP contribution in [0.5, 0.6) is 0 Å². The Morgan fingerprint density at radius 2 is 1.76 bits per heavy atom. The lowest BCUT2D eigenvalue weighted by molar-refractivity contribution is -0.132. The molecule has 7 rings (SSSR count). The molecule has 0 radical (unpaired) electrons. The third kappa shape index (κ3) is 5.07. The van der Waals surface area contributed by atoms with Crippen molar-refractivity contribution in [2.75, 3.05) is 0 Å². The molecule has 1 amide bonds. The summed E-state index contributed by atoms with van der Waals surface area (Å²) in [6.45, 7) is 1.57. The molecular weight excluding hydrogens is 581 g/mol. The minimum Gasteiger partial charge on any atom is -0.478 e. The second kappa shape index (κ2) is 11.5. The number of aliphatic carboxylic acids is 1. The van der Waals surface area contributed by atoms with E-state index >= 15 is 0 Å². The van der Waals surface area contributed by atoms with Gasteiger partial charge in [-0.25, -0.2) is 14.2 Å². The topological polar surface area (TPSA) is 102 Å². The van der Waals surface area contributed by atoms with Crippen molar-refractivity contribution in [3.8, 4) is 11.4 Å². The lowest BCUT2D eigenvalue weighted by atomic mass is 9.75. The van der Waals surface area contributed by atoms with Gasteiger partial charge in [-0.15, -0.1) is 0 Å². The summed E-state index contributed by atoms with van der Waals surface area (Å²) in [6, 6.07) is 14.8. The zero-order valence-electron chi connectivity index (χ0n) is 26.4. The molecule has 2 aromatic carbocycles. The Balaban J connectivity index is 1.24. The molecule has 2 fully saturated rings. The van der Waals surface area contributed by atoms with E-state index in [1.54, 1.807) is 19.1 Å². The van der Waals surface area contributed by atoms with E-state index in [0.717, 1.165) is 76.8 Å². The molecule has 0 spiro atoms. The fourth-order valence-corrected chi connectivity index (χ4v) is 7.50. The number of carboxylic acids is 1. The van der Waals surface area contributed by atoms with E-state index in [9.17, 15) is 19.1 Å². The first-order valence-corrected chi connectivity index (χ1v) is 16.1. The standard InChI is InChI=1S/C37H38FN5O3/c1-22(35(45)46)18-23-10-14-28-31(19-23)43(3)36(40-28)37(16-7-17-37)41-34(44)25-11-13-27-30(20-25)42(2)33(29-15-12-26(38)21-39-29)32(27)24-8-5-4-6-9-24/h10-15,18-21,24H,4-9,16-17H2,1-3H3,(H,41,44)(H,45,46)/b22-18+. The Kier molecular flexibility index (Phi) is 7.50. The highest BCUT2D eigenvalue weighted by Gasteiger charge is 2.44. The first-order chi connectivity index (χ1) is 22.1. The van der Waals surface area contributed by atoms with Crippen molar-refractivity contribution < 1.29 is 19.1 Å². The van der Waals surface area contributed by atoms with E-state index in [2.05, 4.69) is 20.9 Å². The largest absolute Gasteiger partial charge is 0.478 e. The number of carbonyl (C=O) groups excluding carboxylic acids is 1. The van der Waals surface area contributed by atoms with Crippen LogP contribution in [-0.4, -0.2) is 36.1 Å². The van der Waals surface area contributed by atoms with Gasteiger partial charge in [0.25, 0.3) is 5.91 Å². The van der Waals surface area contributed by atoms with Crippen molar-refractivity contribution in [1.29, 1.82) is 0 Å². The van der Waals surface area contributed by atoms with E-state index in [1.807, 2.05) is 49.0 Å². The minimum absolute atomic E-state index is 0.156. The van der Waals surface area contributed by atoms with Crippen molar-refractivity contribution in [2.45, 2.75) is 69.7 Å². The van der Waals surface area contributed by atoms with Gasteiger partial charge in [-0.1, -0.05) is 31.4 Å². The van der Waals surface area contributed by atoms with Gasteiger partial charge in [0.1, 0.15) is 11.6 Å². The first-order valence-electron chi connectivity index (χ1n) is 16.1. The summed E-state index contributed by atoms with van der Waals surface area (Å²) in [5, 5.41) is 13.8. The Bertz CT molecular complexity index is 2030. The highest BCUT2D eigenvalue weighted by Crippen LogP contribution is 2.44. The van der Waals surface area contributed by atoms with Crippen LogP contribution in [0.1, 0.15) is 91.5 Å². The normalized spacial score (nSPS) is 16.9. The van der Waals surface area contributed by atoms with Crippen LogP contribution in [0.15, 0.2) is 60.3 Å². The molecule has 0 unspecified atom stereocenters. The van der Waals surface area contributed by atoms with E-state index < -0.39 is 11.5 Å². The van der Waals surface area contributed by atoms with Gasteiger partial charge < -0.3 is 19.6 Å². The summed E-state index contributed by atoms with van der Waals surface area (Å²) >= 11 is 0. The molecule has 3 heterocycles. The van der Waals surface area contributed by atoms with Crippen molar-refractivity contribution in [3.05, 3.63) is 88.6 Å². The van der Waals surface area contributed by atoms with Crippen LogP contribution < -0.4 is 5.32 Å². The number of carboxylic acid groups (broad SMARTS) is 1. The number of amides is 1. The molecule has 0 aliphatic heterocycles. The van der Waals surface area contributed by atoms with Gasteiger partial charge >= 0.3 is 5.97 Å². The average Bonchev–Trinajstić information content (AvgIpc) is 3.52. The highest BCUT2D eigenvalue weighted by molar-refractivity contribution is 6.01. The Morgan fingerprint density at radius 3 is 2.43 bits per heavy atom. The number of rotatable bonds is 7. The van der Waals surface area contributed by atoms with Crippen molar-refractivity contribution in [3.63, 3.8) is 0 Å². The van der Waals surface area contributed by atoms with Crippen LogP contribution in [0.3, 0.4) is 0 Å². The molecule has 2 saturated carbocycles. The lowest BCUT2D eigenvalue weighted by Gasteiger charge is -2.41. The number of imidazole rings is 1. The first kappa shape index (κ1) is 29.9. The van der Waals surface area contributed by atoms with Crippen LogP contribution in [0.2, 0.25) is 0 Å². The van der Waals surface area contributed by atoms with Crippen LogP contribution in [0.25, 0.3) is 39.4 Å². The zero-order valence-corrected chi connectivity index (χ0v) is 26.4. The minimum atomic E-state index is -0.955. The predicted molar refractivity (Wildman–Crippen MR) is 177 cm³/mol. The van der Waals surface area contributed by atoms with Gasteiger partial charge in [0.05, 0.1) is 34.2 Å². The average molecular weight is 620 g/mol. The molecule has 3 aromatic heterocycles. The van der Waals surface area contributed by atoms with Crippen LogP contribution in [0, 0.1) is 5.82 Å². The van der Waals surface area contributed by atoms with Crippen LogP contribution in [-0.2, 0) is 24.4 Å². The lowest BCUT2D eigenvalue weighted by Crippen LogP contribution is -2.52. The van der Waals surface area contributed by atoms with Gasteiger partial charge in [0.15, 0.2) is 0 Å². The van der Waals surface area contributed by atoms with E-state index in [-0.39, 0.29) is 17.3 Å². The summed E-state index contributed by atoms with van der Waals surface area (Å²) in [5.74, 6) is -0.293. The van der Waals surface area contributed by atoms with E-state index in [1.165, 1.54) is 37.1 Å². The molecular formula is C37H38FN5O3. The SMILES string of the molecule is C/C(=C\c1ccc2nc(C3(NC(=O)c4ccc5c(C6CCCCC6)c(-c6ccc(F)cn6)n(C)c5c4)CCC3)n(C)c2c1)C(=O)O. The summed E-state index contributed by atoms with van der Waals surface area (Å²) in [6.07, 6.45) is 11.3. The molecule has 2 aliphatic rings. The second-order valence-corrected chi connectivity index (χ2v) is 13.0. The second-order valence-electron chi connectivity index (χ2n) is 13.0. The van der Waals surface area contributed by atoms with Crippen LogP contribution in [0.4, 0.5) is 4.39 Å². The Hall–Kier alpha value is -4.79. The van der Waals surface area contributed by atoms with Crippen molar-refractivity contribution in [2.24, 2.45) is 14.1 Å². The molecule has 0 atom stereocenters. The van der Waals surface area contributed by atoms with E-state index in [0.29, 0.717) is 11.5 Å². The molecule has 2 aliphatic carbocycles. The smallest absolute Gasteiger partial charge is 0.331 e. The monoisotopic (exact) mass is 619 g/mol. The predicted octanol–water partition coefficient (Wildman–Crippen LogP) is 7.61. The number of hydrogen-bond acceptors (Lipinski definition) is 4. The maximum Gasteiger partial charge on any atom is 0.331 e. The number of aryl methyl sites for hydroxylation is 2. The number of fused-ring (bicyclic) bond motifs is 2. The summed E-state index contributed by atoms with van der Waals surface area (Å²) in [5.41, 5.74) is 6.61. The maximum absolute atomic E-state index is 14.0. The highest BCUT2D eigenvalue weighted by atomic mass is 19.1. The summed E-state index contributed by atoms with van der Waals surface area (Å²) in [4.78, 5) is 34.7. The molecule has 0 bridgehead atoms. The molecule has 8 nitrogen and oxygen atoms in total. The number of halogens is 1. The zero-order chi connectivity index (χ0) is 32.2. The Labute approximate surface area is 267 Å². The quantitative estimate of drug-likeness (QED) is 0.183. The fourth-order valence-electron chi connectivity index (χ4n) is 7.50. The van der Waals surface area contributed by atoms with Gasteiger partial charge in [-0.3, -0.25) is 9.78 Å². The molecule has 5 aromatic rings. The summed E-state index contributed by atoms with van der Waals surface area (Å²) in [7, 11) is 3.95. The fraction of sp³-hybridized carbons (Fsp3) is 0.351. The van der Waals surface area contributed by atoms with Gasteiger partial charge in [0.2, 0.25) is 0 Å². The number of carbonyl (C=O) groups is 2. The number of aromatic nitrogens is 4. The molecule has 46 heavy (non-hydrogen) atoms. The van der Waals surface area contributed by atoms with Crippen molar-refractivity contribution >= 4 is 39.9 Å².